The van der Waals surface area contributed by atoms with E-state index in [1.54, 1.807) is 18.2 Å². The minimum Gasteiger partial charge on any atom is -0.769 e. The molecule has 0 radical (unpaired) electrons. The summed E-state index contributed by atoms with van der Waals surface area (Å²) in [5.74, 6) is 0. The fourth-order valence-electron chi connectivity index (χ4n) is 0.794. The average Bonchev–Trinajstić information content (AvgIpc) is 2.03. The number of hydrogen-bond donors (Lipinski definition) is 0. The van der Waals surface area contributed by atoms with Crippen molar-refractivity contribution in [3.63, 3.8) is 0 Å². The Balaban J connectivity index is 3.06. The molecule has 0 bridgehead atoms. The molecule has 1 atom stereocenters. The SMILES string of the molecule is O=S([O-])/C=C/c1c(Cl)cccc1Cl. The van der Waals surface area contributed by atoms with Gasteiger partial charge in [0.15, 0.2) is 0 Å². The molecule has 1 aromatic carbocycles. The fraction of sp³-hybridized carbons (Fsp3) is 0. The Morgan fingerprint density at radius 3 is 2.31 bits per heavy atom. The third-order valence-corrected chi connectivity index (χ3v) is 2.36. The van der Waals surface area contributed by atoms with E-state index in [0.717, 1.165) is 5.41 Å². The molecule has 13 heavy (non-hydrogen) atoms. The third kappa shape index (κ3) is 3.12. The molecule has 0 aromatic heterocycles. The Kier molecular flexibility index (Phi) is 3.93. The second-order valence-corrected chi connectivity index (χ2v) is 3.81. The Hall–Kier alpha value is -0.350. The zero-order chi connectivity index (χ0) is 9.84. The van der Waals surface area contributed by atoms with E-state index in [-0.39, 0.29) is 0 Å². The Bertz CT molecular complexity index is 343. The summed E-state index contributed by atoms with van der Waals surface area (Å²) in [7, 11) is 0. The molecule has 2 nitrogen and oxygen atoms in total. The molecule has 0 aliphatic rings. The van der Waals surface area contributed by atoms with Gasteiger partial charge in [0.05, 0.1) is 0 Å². The summed E-state index contributed by atoms with van der Waals surface area (Å²) < 4.78 is 20.4. The van der Waals surface area contributed by atoms with Gasteiger partial charge in [-0.2, -0.15) is 0 Å². The maximum atomic E-state index is 10.2. The maximum Gasteiger partial charge on any atom is 0.0493 e. The van der Waals surface area contributed by atoms with Crippen LogP contribution < -0.4 is 0 Å². The molecule has 0 aliphatic heterocycles. The minimum absolute atomic E-state index is 0.425. The molecule has 0 saturated carbocycles. The van der Waals surface area contributed by atoms with E-state index >= 15 is 0 Å². The van der Waals surface area contributed by atoms with Crippen LogP contribution in [0, 0.1) is 0 Å². The molecule has 1 rings (SSSR count). The molecular formula is C8H5Cl2O2S-. The molecule has 0 spiro atoms. The number of halogens is 2. The predicted octanol–water partition coefficient (Wildman–Crippen LogP) is 2.84. The smallest absolute Gasteiger partial charge is 0.0493 e. The van der Waals surface area contributed by atoms with E-state index in [1.165, 1.54) is 6.08 Å². The summed E-state index contributed by atoms with van der Waals surface area (Å²) in [6.07, 6.45) is 1.35. The van der Waals surface area contributed by atoms with Crippen molar-refractivity contribution >= 4 is 40.4 Å². The van der Waals surface area contributed by atoms with Gasteiger partial charge in [-0.25, -0.2) is 0 Å². The lowest BCUT2D eigenvalue weighted by molar-refractivity contribution is 0.546. The highest BCUT2D eigenvalue weighted by Gasteiger charge is 1.99. The first-order valence-corrected chi connectivity index (χ1v) is 5.21. The van der Waals surface area contributed by atoms with E-state index in [2.05, 4.69) is 0 Å². The van der Waals surface area contributed by atoms with Gasteiger partial charge in [0.25, 0.3) is 0 Å². The highest BCUT2D eigenvalue weighted by Crippen LogP contribution is 2.25. The van der Waals surface area contributed by atoms with Crippen LogP contribution >= 0.6 is 23.2 Å². The van der Waals surface area contributed by atoms with Crippen LogP contribution in [0.3, 0.4) is 0 Å². The highest BCUT2D eigenvalue weighted by atomic mass is 35.5. The lowest BCUT2D eigenvalue weighted by Crippen LogP contribution is -1.80. The number of benzene rings is 1. The molecule has 0 saturated heterocycles. The minimum atomic E-state index is -2.23. The van der Waals surface area contributed by atoms with Crippen molar-refractivity contribution < 1.29 is 8.76 Å². The molecule has 70 valence electrons. The molecule has 0 amide bonds. The van der Waals surface area contributed by atoms with Crippen molar-refractivity contribution in [2.75, 3.05) is 0 Å². The van der Waals surface area contributed by atoms with Gasteiger partial charge in [-0.05, 0) is 34.7 Å². The van der Waals surface area contributed by atoms with Gasteiger partial charge in [0.1, 0.15) is 0 Å². The van der Waals surface area contributed by atoms with Crippen LogP contribution in [-0.4, -0.2) is 8.76 Å². The summed E-state index contributed by atoms with van der Waals surface area (Å²) in [4.78, 5) is 0. The normalized spacial score (nSPS) is 13.5. The summed E-state index contributed by atoms with van der Waals surface area (Å²) in [5, 5.41) is 1.84. The van der Waals surface area contributed by atoms with Crippen LogP contribution in [0.4, 0.5) is 0 Å². The van der Waals surface area contributed by atoms with Gasteiger partial charge >= 0.3 is 0 Å². The summed E-state index contributed by atoms with van der Waals surface area (Å²) in [5.41, 5.74) is 0.509. The summed E-state index contributed by atoms with van der Waals surface area (Å²) >= 11 is 9.32. The van der Waals surface area contributed by atoms with Gasteiger partial charge in [0.2, 0.25) is 0 Å². The Morgan fingerprint density at radius 2 is 1.85 bits per heavy atom. The van der Waals surface area contributed by atoms with Crippen molar-refractivity contribution in [2.45, 2.75) is 0 Å². The van der Waals surface area contributed by atoms with E-state index in [1.807, 2.05) is 0 Å². The standard InChI is InChI=1S/C8H6Cl2O2S/c9-7-2-1-3-8(10)6(7)4-5-13(11)12/h1-5H,(H,11,12)/p-1/b5-4+. The van der Waals surface area contributed by atoms with Gasteiger partial charge in [-0.3, -0.25) is 4.21 Å². The first kappa shape index (κ1) is 10.7. The van der Waals surface area contributed by atoms with Gasteiger partial charge in [-0.1, -0.05) is 29.3 Å². The molecule has 5 heteroatoms. The van der Waals surface area contributed by atoms with E-state index < -0.39 is 11.1 Å². The largest absolute Gasteiger partial charge is 0.769 e. The molecule has 1 unspecified atom stereocenters. The van der Waals surface area contributed by atoms with Crippen LogP contribution in [-0.2, 0) is 11.1 Å². The van der Waals surface area contributed by atoms with Gasteiger partial charge < -0.3 is 4.55 Å². The first-order valence-electron chi connectivity index (χ1n) is 3.31. The van der Waals surface area contributed by atoms with E-state index in [4.69, 9.17) is 23.2 Å². The van der Waals surface area contributed by atoms with Crippen molar-refractivity contribution in [1.82, 2.24) is 0 Å². The number of hydrogen-bond acceptors (Lipinski definition) is 2. The van der Waals surface area contributed by atoms with Crippen molar-refractivity contribution in [2.24, 2.45) is 0 Å². The average molecular weight is 236 g/mol. The zero-order valence-corrected chi connectivity index (χ0v) is 8.70. The first-order chi connectivity index (χ1) is 6.11. The topological polar surface area (TPSA) is 40.1 Å². The maximum absolute atomic E-state index is 10.2. The molecular weight excluding hydrogens is 231 g/mol. The van der Waals surface area contributed by atoms with Crippen LogP contribution in [0.2, 0.25) is 10.0 Å². The molecule has 0 aliphatic carbocycles. The predicted molar refractivity (Wildman–Crippen MR) is 54.4 cm³/mol. The van der Waals surface area contributed by atoms with Crippen LogP contribution in [0.15, 0.2) is 23.6 Å². The summed E-state index contributed by atoms with van der Waals surface area (Å²) in [6, 6.07) is 4.97. The summed E-state index contributed by atoms with van der Waals surface area (Å²) in [6.45, 7) is 0. The third-order valence-electron chi connectivity index (χ3n) is 1.35. The lowest BCUT2D eigenvalue weighted by Gasteiger charge is -2.01. The van der Waals surface area contributed by atoms with Gasteiger partial charge in [-0.15, -0.1) is 0 Å². The number of rotatable bonds is 2. The fourth-order valence-corrected chi connectivity index (χ4v) is 1.56. The van der Waals surface area contributed by atoms with Crippen molar-refractivity contribution in [1.29, 1.82) is 0 Å². The Morgan fingerprint density at radius 1 is 1.31 bits per heavy atom. The molecule has 0 heterocycles. The van der Waals surface area contributed by atoms with Crippen LogP contribution in [0.1, 0.15) is 5.56 Å². The van der Waals surface area contributed by atoms with Crippen LogP contribution in [0.5, 0.6) is 0 Å². The van der Waals surface area contributed by atoms with Crippen LogP contribution in [0.25, 0.3) is 6.08 Å². The highest BCUT2D eigenvalue weighted by molar-refractivity contribution is 7.82. The van der Waals surface area contributed by atoms with E-state index in [0.29, 0.717) is 15.6 Å². The van der Waals surface area contributed by atoms with Crippen molar-refractivity contribution in [3.8, 4) is 0 Å². The lowest BCUT2D eigenvalue weighted by atomic mass is 10.2. The van der Waals surface area contributed by atoms with Gasteiger partial charge in [0, 0.05) is 15.6 Å². The second kappa shape index (κ2) is 4.77. The molecule has 0 fully saturated rings. The Labute approximate surface area is 88.5 Å². The van der Waals surface area contributed by atoms with E-state index in [9.17, 15) is 8.76 Å². The second-order valence-electron chi connectivity index (χ2n) is 2.20. The quantitative estimate of drug-likeness (QED) is 0.740. The zero-order valence-electron chi connectivity index (χ0n) is 6.37. The molecule has 0 N–H and O–H groups in total. The molecule has 1 aromatic rings. The monoisotopic (exact) mass is 235 g/mol. The van der Waals surface area contributed by atoms with Crippen molar-refractivity contribution in [3.05, 3.63) is 39.2 Å².